The number of hydrogen-bond acceptors (Lipinski definition) is 2. The van der Waals surface area contributed by atoms with Crippen molar-refractivity contribution in [1.82, 2.24) is 5.32 Å². The molecule has 3 nitrogen and oxygen atoms in total. The van der Waals surface area contributed by atoms with Gasteiger partial charge in [0.1, 0.15) is 0 Å². The van der Waals surface area contributed by atoms with Gasteiger partial charge in [-0.2, -0.15) is 0 Å². The maximum absolute atomic E-state index is 11.9. The number of aliphatic hydroxyl groups is 1. The van der Waals surface area contributed by atoms with Gasteiger partial charge in [-0.3, -0.25) is 4.79 Å². The Kier molecular flexibility index (Phi) is 4.78. The first-order valence-electron chi connectivity index (χ1n) is 6.35. The number of rotatable bonds is 4. The predicted octanol–water partition coefficient (Wildman–Crippen LogP) is 2.59. The first kappa shape index (κ1) is 13.6. The Morgan fingerprint density at radius 3 is 2.61 bits per heavy atom. The predicted molar refractivity (Wildman–Crippen MR) is 74.4 cm³/mol. The van der Waals surface area contributed by atoms with Gasteiger partial charge in [0.2, 0.25) is 0 Å². The quantitative estimate of drug-likeness (QED) is 0.898. The molecule has 0 saturated heterocycles. The Hall–Kier alpha value is -0.870. The van der Waals surface area contributed by atoms with Crippen LogP contribution >= 0.6 is 15.9 Å². The molecule has 1 saturated carbocycles. The van der Waals surface area contributed by atoms with E-state index in [4.69, 9.17) is 0 Å². The van der Waals surface area contributed by atoms with Crippen LogP contribution in [0.15, 0.2) is 28.7 Å². The third-order valence-electron chi connectivity index (χ3n) is 3.68. The van der Waals surface area contributed by atoms with Crippen LogP contribution in [0.1, 0.15) is 29.6 Å². The van der Waals surface area contributed by atoms with E-state index in [1.807, 2.05) is 12.1 Å². The molecule has 0 heterocycles. The molecular weight excluding hydrogens is 294 g/mol. The fourth-order valence-electron chi connectivity index (χ4n) is 2.55. The van der Waals surface area contributed by atoms with E-state index in [2.05, 4.69) is 21.2 Å². The second-order valence-electron chi connectivity index (χ2n) is 4.85. The average Bonchev–Trinajstić information content (AvgIpc) is 2.84. The van der Waals surface area contributed by atoms with Crippen molar-refractivity contribution in [2.24, 2.45) is 11.8 Å². The number of hydrogen-bond donors (Lipinski definition) is 2. The SMILES string of the molecule is O=C(NCC1CCCC1CO)c1ccc(Br)cc1. The second kappa shape index (κ2) is 6.34. The van der Waals surface area contributed by atoms with E-state index in [-0.39, 0.29) is 12.5 Å². The third kappa shape index (κ3) is 3.33. The van der Waals surface area contributed by atoms with Crippen LogP contribution in [0.4, 0.5) is 0 Å². The highest BCUT2D eigenvalue weighted by Gasteiger charge is 2.26. The molecule has 1 aliphatic carbocycles. The lowest BCUT2D eigenvalue weighted by Crippen LogP contribution is -2.31. The Bertz CT molecular complexity index is 405. The van der Waals surface area contributed by atoms with Gasteiger partial charge in [0, 0.05) is 23.2 Å². The van der Waals surface area contributed by atoms with Crippen molar-refractivity contribution in [3.05, 3.63) is 34.3 Å². The highest BCUT2D eigenvalue weighted by atomic mass is 79.9. The lowest BCUT2D eigenvalue weighted by molar-refractivity contribution is 0.0938. The molecule has 0 aliphatic heterocycles. The molecule has 0 radical (unpaired) electrons. The minimum absolute atomic E-state index is 0.0360. The van der Waals surface area contributed by atoms with Crippen LogP contribution in [-0.2, 0) is 0 Å². The standard InChI is InChI=1S/C14H18BrNO2/c15-13-6-4-10(5-7-13)14(18)16-8-11-2-1-3-12(11)9-17/h4-7,11-12,17H,1-3,8-9H2,(H,16,18). The van der Waals surface area contributed by atoms with Crippen LogP contribution in [0.3, 0.4) is 0 Å². The summed E-state index contributed by atoms with van der Waals surface area (Å²) in [5.41, 5.74) is 0.678. The monoisotopic (exact) mass is 311 g/mol. The van der Waals surface area contributed by atoms with E-state index in [1.54, 1.807) is 12.1 Å². The first-order chi connectivity index (χ1) is 8.70. The van der Waals surface area contributed by atoms with Gasteiger partial charge in [-0.1, -0.05) is 22.4 Å². The molecule has 0 aromatic heterocycles. The van der Waals surface area contributed by atoms with Crippen molar-refractivity contribution in [2.75, 3.05) is 13.2 Å². The zero-order chi connectivity index (χ0) is 13.0. The number of carbonyl (C=O) groups is 1. The molecule has 4 heteroatoms. The molecule has 1 aromatic rings. The van der Waals surface area contributed by atoms with Gasteiger partial charge in [0.15, 0.2) is 0 Å². The van der Waals surface area contributed by atoms with Crippen LogP contribution in [0.25, 0.3) is 0 Å². The maximum Gasteiger partial charge on any atom is 0.251 e. The Morgan fingerprint density at radius 1 is 1.28 bits per heavy atom. The van der Waals surface area contributed by atoms with Crippen LogP contribution in [-0.4, -0.2) is 24.2 Å². The summed E-state index contributed by atoms with van der Waals surface area (Å²) >= 11 is 3.35. The lowest BCUT2D eigenvalue weighted by Gasteiger charge is -2.17. The van der Waals surface area contributed by atoms with E-state index in [1.165, 1.54) is 0 Å². The third-order valence-corrected chi connectivity index (χ3v) is 4.21. The van der Waals surface area contributed by atoms with Crippen molar-refractivity contribution in [3.8, 4) is 0 Å². The van der Waals surface area contributed by atoms with E-state index in [0.29, 0.717) is 23.9 Å². The van der Waals surface area contributed by atoms with Gasteiger partial charge in [-0.05, 0) is 48.9 Å². The zero-order valence-electron chi connectivity index (χ0n) is 10.2. The lowest BCUT2D eigenvalue weighted by atomic mass is 9.97. The van der Waals surface area contributed by atoms with Crippen molar-refractivity contribution < 1.29 is 9.90 Å². The Morgan fingerprint density at radius 2 is 1.94 bits per heavy atom. The smallest absolute Gasteiger partial charge is 0.251 e. The number of amides is 1. The van der Waals surface area contributed by atoms with E-state index in [9.17, 15) is 9.90 Å². The Labute approximate surface area is 116 Å². The van der Waals surface area contributed by atoms with Crippen molar-refractivity contribution >= 4 is 21.8 Å². The second-order valence-corrected chi connectivity index (χ2v) is 5.77. The highest BCUT2D eigenvalue weighted by molar-refractivity contribution is 9.10. The molecule has 0 bridgehead atoms. The molecule has 0 spiro atoms. The van der Waals surface area contributed by atoms with E-state index in [0.717, 1.165) is 23.7 Å². The van der Waals surface area contributed by atoms with Gasteiger partial charge in [-0.25, -0.2) is 0 Å². The van der Waals surface area contributed by atoms with Crippen molar-refractivity contribution in [2.45, 2.75) is 19.3 Å². The normalized spacial score (nSPS) is 23.0. The highest BCUT2D eigenvalue weighted by Crippen LogP contribution is 2.30. The summed E-state index contributed by atoms with van der Waals surface area (Å²) in [4.78, 5) is 11.9. The van der Waals surface area contributed by atoms with Gasteiger partial charge in [0.05, 0.1) is 0 Å². The molecular formula is C14H18BrNO2. The van der Waals surface area contributed by atoms with Gasteiger partial charge in [0.25, 0.3) is 5.91 Å². The topological polar surface area (TPSA) is 49.3 Å². The fraction of sp³-hybridized carbons (Fsp3) is 0.500. The Balaban J connectivity index is 1.86. The maximum atomic E-state index is 11.9. The molecule has 2 atom stereocenters. The molecule has 98 valence electrons. The molecule has 2 N–H and O–H groups in total. The molecule has 2 unspecified atom stereocenters. The largest absolute Gasteiger partial charge is 0.396 e. The van der Waals surface area contributed by atoms with E-state index < -0.39 is 0 Å². The summed E-state index contributed by atoms with van der Waals surface area (Å²) in [7, 11) is 0. The van der Waals surface area contributed by atoms with Gasteiger partial charge in [-0.15, -0.1) is 0 Å². The molecule has 2 rings (SSSR count). The molecule has 1 amide bonds. The zero-order valence-corrected chi connectivity index (χ0v) is 11.8. The van der Waals surface area contributed by atoms with Gasteiger partial charge >= 0.3 is 0 Å². The number of halogens is 1. The van der Waals surface area contributed by atoms with Crippen LogP contribution in [0.5, 0.6) is 0 Å². The summed E-state index contributed by atoms with van der Waals surface area (Å²) in [6.45, 7) is 0.902. The summed E-state index contributed by atoms with van der Waals surface area (Å²) in [6.07, 6.45) is 3.34. The number of aliphatic hydroxyl groups excluding tert-OH is 1. The minimum Gasteiger partial charge on any atom is -0.396 e. The van der Waals surface area contributed by atoms with Crippen LogP contribution in [0.2, 0.25) is 0 Å². The number of nitrogens with one attached hydrogen (secondary N) is 1. The fourth-order valence-corrected chi connectivity index (χ4v) is 2.81. The summed E-state index contributed by atoms with van der Waals surface area (Å²) < 4.78 is 0.968. The summed E-state index contributed by atoms with van der Waals surface area (Å²) in [6, 6.07) is 7.33. The minimum atomic E-state index is -0.0360. The van der Waals surface area contributed by atoms with Gasteiger partial charge < -0.3 is 10.4 Å². The number of carbonyl (C=O) groups excluding carboxylic acids is 1. The number of benzene rings is 1. The van der Waals surface area contributed by atoms with Crippen LogP contribution in [0, 0.1) is 11.8 Å². The molecule has 1 fully saturated rings. The van der Waals surface area contributed by atoms with Crippen LogP contribution < -0.4 is 5.32 Å². The molecule has 1 aliphatic rings. The summed E-state index contributed by atoms with van der Waals surface area (Å²) in [5.74, 6) is 0.746. The van der Waals surface area contributed by atoms with E-state index >= 15 is 0 Å². The molecule has 1 aromatic carbocycles. The molecule has 18 heavy (non-hydrogen) atoms. The first-order valence-corrected chi connectivity index (χ1v) is 7.14. The average molecular weight is 312 g/mol. The summed E-state index contributed by atoms with van der Waals surface area (Å²) in [5, 5.41) is 12.2. The van der Waals surface area contributed by atoms with Crippen molar-refractivity contribution in [1.29, 1.82) is 0 Å². The van der Waals surface area contributed by atoms with Crippen molar-refractivity contribution in [3.63, 3.8) is 0 Å².